The molecule has 0 spiro atoms. The van der Waals surface area contributed by atoms with Crippen molar-refractivity contribution in [2.75, 3.05) is 37.8 Å². The Morgan fingerprint density at radius 3 is 1.18 bits per heavy atom. The van der Waals surface area contributed by atoms with E-state index in [2.05, 4.69) is 0 Å². The Balaban J connectivity index is 0.00000961. The lowest BCUT2D eigenvalue weighted by Gasteiger charge is -2.30. The third-order valence-electron chi connectivity index (χ3n) is 8.41. The van der Waals surface area contributed by atoms with E-state index >= 15 is 0 Å². The number of nitrogen functional groups attached to an aromatic ring is 2. The Bertz CT molecular complexity index is 2060. The number of carboxylic acids is 4. The highest BCUT2D eigenvalue weighted by atomic mass is 35.5. The van der Waals surface area contributed by atoms with E-state index in [1.54, 1.807) is 0 Å². The van der Waals surface area contributed by atoms with Crippen LogP contribution in [-0.2, 0) is 23.9 Å². The van der Waals surface area contributed by atoms with Gasteiger partial charge < -0.3 is 55.9 Å². The first-order chi connectivity index (χ1) is 28.0. The monoisotopic (exact) mass is 850 g/mol. The van der Waals surface area contributed by atoms with E-state index in [4.69, 9.17) is 25.7 Å². The summed E-state index contributed by atoms with van der Waals surface area (Å²) in [5, 5.41) is 38.7. The van der Waals surface area contributed by atoms with Crippen LogP contribution >= 0.6 is 12.4 Å². The number of esters is 2. The molecule has 0 radical (unpaired) electrons. The Hall–Kier alpha value is -7.51. The topological polar surface area (TPSA) is 304 Å². The number of carbonyl (C=O) groups is 8. The quantitative estimate of drug-likeness (QED) is 0.0322. The molecule has 316 valence electrons. The Morgan fingerprint density at radius 2 is 0.867 bits per heavy atom. The van der Waals surface area contributed by atoms with Crippen molar-refractivity contribution in [3.05, 3.63) is 119 Å². The number of amides is 2. The summed E-state index contributed by atoms with van der Waals surface area (Å²) < 4.78 is 16.3. The zero-order valence-corrected chi connectivity index (χ0v) is 32.2. The van der Waals surface area contributed by atoms with E-state index in [0.717, 1.165) is 12.1 Å². The number of carbonyl (C=O) groups excluding carboxylic acids is 4. The van der Waals surface area contributed by atoms with Crippen molar-refractivity contribution in [1.29, 1.82) is 0 Å². The van der Waals surface area contributed by atoms with Gasteiger partial charge in [0.2, 0.25) is 0 Å². The molecule has 60 heavy (non-hydrogen) atoms. The van der Waals surface area contributed by atoms with Gasteiger partial charge in [0, 0.05) is 35.6 Å². The molecule has 8 N–H and O–H groups in total. The van der Waals surface area contributed by atoms with Crippen LogP contribution in [0.5, 0.6) is 11.5 Å². The molecule has 19 nitrogen and oxygen atoms in total. The number of rotatable bonds is 20. The largest absolute Gasteiger partial charge is 0.481 e. The molecule has 20 heteroatoms. The molecule has 0 heterocycles. The Morgan fingerprint density at radius 1 is 0.517 bits per heavy atom. The molecule has 4 rings (SSSR count). The van der Waals surface area contributed by atoms with Crippen molar-refractivity contribution in [2.24, 2.45) is 0 Å². The van der Waals surface area contributed by atoms with Gasteiger partial charge in [0.05, 0.1) is 37.2 Å². The van der Waals surface area contributed by atoms with Gasteiger partial charge in [0.25, 0.3) is 11.8 Å². The second kappa shape index (κ2) is 21.9. The second-order valence-corrected chi connectivity index (χ2v) is 12.6. The molecule has 0 aliphatic rings. The molecule has 0 aromatic heterocycles. The Labute approximate surface area is 347 Å². The minimum atomic E-state index is -1.91. The van der Waals surface area contributed by atoms with Gasteiger partial charge >= 0.3 is 35.8 Å². The van der Waals surface area contributed by atoms with Crippen LogP contribution in [0.3, 0.4) is 0 Å². The fourth-order valence-electron chi connectivity index (χ4n) is 5.51. The highest BCUT2D eigenvalue weighted by Crippen LogP contribution is 2.21. The molecule has 0 unspecified atom stereocenters. The van der Waals surface area contributed by atoms with Gasteiger partial charge in [-0.05, 0) is 84.9 Å². The van der Waals surface area contributed by atoms with Gasteiger partial charge in [-0.3, -0.25) is 19.2 Å². The van der Waals surface area contributed by atoms with Gasteiger partial charge in [0.1, 0.15) is 23.6 Å². The van der Waals surface area contributed by atoms with E-state index in [1.165, 1.54) is 84.9 Å². The number of aliphatic carboxylic acids is 4. The number of ether oxygens (including phenoxy) is 3. The number of nitrogens with two attached hydrogens (primary N) is 2. The fourth-order valence-corrected chi connectivity index (χ4v) is 5.51. The smallest absolute Gasteiger partial charge is 0.343 e. The summed E-state index contributed by atoms with van der Waals surface area (Å²) in [4.78, 5) is 102. The molecule has 0 bridgehead atoms. The summed E-state index contributed by atoms with van der Waals surface area (Å²) in [6, 6.07) is 18.0. The number of benzene rings is 4. The van der Waals surface area contributed by atoms with Gasteiger partial charge in [-0.15, -0.1) is 12.4 Å². The predicted molar refractivity (Wildman–Crippen MR) is 212 cm³/mol. The lowest BCUT2D eigenvalue weighted by molar-refractivity contribution is -0.149. The van der Waals surface area contributed by atoms with Gasteiger partial charge in [-0.1, -0.05) is 12.1 Å². The molecule has 0 saturated heterocycles. The lowest BCUT2D eigenvalue weighted by Crippen LogP contribution is -2.49. The van der Waals surface area contributed by atoms with E-state index in [0.29, 0.717) is 21.2 Å². The van der Waals surface area contributed by atoms with Crippen molar-refractivity contribution < 1.29 is 73.0 Å². The maximum Gasteiger partial charge on any atom is 0.343 e. The molecular weight excluding hydrogens is 812 g/mol. The maximum atomic E-state index is 13.7. The number of nitrogens with zero attached hydrogens (tertiary/aromatic N) is 2. The zero-order valence-electron chi connectivity index (χ0n) is 31.4. The first-order valence-electron chi connectivity index (χ1n) is 17.5. The highest BCUT2D eigenvalue weighted by molar-refractivity contribution is 5.99. The fraction of sp³-hybridized carbons (Fsp3) is 0.200. The summed E-state index contributed by atoms with van der Waals surface area (Å²) in [5.74, 6) is -10.1. The van der Waals surface area contributed by atoms with Gasteiger partial charge in [-0.2, -0.15) is 0 Å². The molecular formula is C40H39ClN4O15. The van der Waals surface area contributed by atoms with E-state index in [9.17, 15) is 58.8 Å². The molecule has 0 fully saturated rings. The van der Waals surface area contributed by atoms with E-state index in [-0.39, 0.29) is 46.2 Å². The summed E-state index contributed by atoms with van der Waals surface area (Å²) in [6.45, 7) is -2.02. The summed E-state index contributed by atoms with van der Waals surface area (Å²) in [7, 11) is 0. The summed E-state index contributed by atoms with van der Waals surface area (Å²) in [5.41, 5.74) is 12.0. The Kier molecular flexibility index (Phi) is 17.1. The second-order valence-electron chi connectivity index (χ2n) is 12.6. The minimum Gasteiger partial charge on any atom is -0.481 e. The van der Waals surface area contributed by atoms with Crippen LogP contribution in [-0.4, -0.2) is 116 Å². The number of halogens is 1. The van der Waals surface area contributed by atoms with Crippen molar-refractivity contribution in [2.45, 2.75) is 24.9 Å². The molecule has 4 aromatic rings. The van der Waals surface area contributed by atoms with Crippen LogP contribution in [0.2, 0.25) is 0 Å². The summed E-state index contributed by atoms with van der Waals surface area (Å²) in [6.07, 6.45) is -2.03. The van der Waals surface area contributed by atoms with Gasteiger partial charge in [-0.25, -0.2) is 19.2 Å². The van der Waals surface area contributed by atoms with E-state index in [1.807, 2.05) is 0 Å². The van der Waals surface area contributed by atoms with Crippen molar-refractivity contribution in [3.8, 4) is 11.5 Å². The first kappa shape index (κ1) is 46.9. The van der Waals surface area contributed by atoms with E-state index < -0.39 is 98.9 Å². The molecule has 0 aliphatic heterocycles. The molecule has 2 atom stereocenters. The normalized spacial score (nSPS) is 11.5. The SMILES string of the molecule is Cl.Nc1ccc(C(=O)Oc2cccc(C(=O)N(CCOCCN(C(=O)c3cccc(OC(=O)c4ccc(N)cc4)c3)[C@@H](CC(=O)O)C(=O)O)[C@@H](CC(=O)O)C(=O)O)c2)cc1. The number of anilines is 2. The predicted octanol–water partition coefficient (Wildman–Crippen LogP) is 3.17. The van der Waals surface area contributed by atoms with Crippen molar-refractivity contribution in [3.63, 3.8) is 0 Å². The average molecular weight is 851 g/mol. The van der Waals surface area contributed by atoms with Crippen LogP contribution < -0.4 is 20.9 Å². The first-order valence-corrected chi connectivity index (χ1v) is 17.5. The number of hydrogen-bond acceptors (Lipinski definition) is 13. The maximum absolute atomic E-state index is 13.7. The summed E-state index contributed by atoms with van der Waals surface area (Å²) >= 11 is 0. The average Bonchev–Trinajstić information content (AvgIpc) is 3.19. The minimum absolute atomic E-state index is 0. The van der Waals surface area contributed by atoms with Crippen LogP contribution in [0.4, 0.5) is 11.4 Å². The molecule has 4 aromatic carbocycles. The third kappa shape index (κ3) is 13.3. The standard InChI is InChI=1S/C40H38N4O15.ClH/c41-27-11-7-23(8-12-27)39(55)58-29-5-1-3-25(19-29)35(49)43(31(37(51)52)21-33(45)46)15-17-57-18-16-44(32(38(53)54)22-34(47)48)36(50)26-4-2-6-30(20-26)59-40(56)24-9-13-28(42)14-10-24;/h1-14,19-20,31-32H,15-18,21-22,41-42H2,(H,45,46)(H,47,48)(H,51,52)(H,53,54);1H/t31-,32-;/m0./s1. The molecule has 0 aliphatic carbocycles. The van der Waals surface area contributed by atoms with Crippen LogP contribution in [0.1, 0.15) is 54.3 Å². The van der Waals surface area contributed by atoms with Gasteiger partial charge in [0.15, 0.2) is 0 Å². The van der Waals surface area contributed by atoms with Crippen LogP contribution in [0, 0.1) is 0 Å². The molecule has 0 saturated carbocycles. The van der Waals surface area contributed by atoms with Crippen LogP contribution in [0.25, 0.3) is 0 Å². The lowest BCUT2D eigenvalue weighted by atomic mass is 10.1. The number of carboxylic acid groups (broad SMARTS) is 4. The molecule has 2 amide bonds. The highest BCUT2D eigenvalue weighted by Gasteiger charge is 2.34. The van der Waals surface area contributed by atoms with Crippen molar-refractivity contribution in [1.82, 2.24) is 9.80 Å². The third-order valence-corrected chi connectivity index (χ3v) is 8.41. The number of hydrogen-bond donors (Lipinski definition) is 6. The van der Waals surface area contributed by atoms with Crippen molar-refractivity contribution >= 4 is 71.4 Å². The van der Waals surface area contributed by atoms with Crippen LogP contribution in [0.15, 0.2) is 97.1 Å². The zero-order chi connectivity index (χ0) is 43.2.